The second kappa shape index (κ2) is 4.73. The third-order valence-corrected chi connectivity index (χ3v) is 4.55. The number of aryl methyl sites for hydroxylation is 1. The van der Waals surface area contributed by atoms with Crippen LogP contribution in [0.3, 0.4) is 0 Å². The Kier molecular flexibility index (Phi) is 3.33. The number of benzene rings is 1. The first-order valence-corrected chi connectivity index (χ1v) is 6.99. The summed E-state index contributed by atoms with van der Waals surface area (Å²) in [4.78, 5) is 0. The Morgan fingerprint density at radius 2 is 1.94 bits per heavy atom. The van der Waals surface area contributed by atoms with Gasteiger partial charge in [0.2, 0.25) is 0 Å². The lowest BCUT2D eigenvalue weighted by Crippen LogP contribution is -1.80. The largest absolute Gasteiger partial charge is 0.192 e. The zero-order valence-corrected chi connectivity index (χ0v) is 10.8. The number of hydrogen-bond donors (Lipinski definition) is 0. The third-order valence-electron chi connectivity index (χ3n) is 2.42. The van der Waals surface area contributed by atoms with Crippen LogP contribution in [0.15, 0.2) is 33.9 Å². The molecule has 1 nitrogen and oxygen atoms in total. The minimum absolute atomic E-state index is 0.807. The Hall–Kier alpha value is -1.24. The lowest BCUT2D eigenvalue weighted by atomic mass is 10.0. The molecule has 80 valence electrons. The summed E-state index contributed by atoms with van der Waals surface area (Å²) in [6.45, 7) is 2.07. The van der Waals surface area contributed by atoms with Crippen molar-refractivity contribution in [1.29, 1.82) is 5.26 Å². The highest BCUT2D eigenvalue weighted by Gasteiger charge is 2.11. The van der Waals surface area contributed by atoms with Crippen LogP contribution in [0.2, 0.25) is 0 Å². The molecule has 0 aliphatic carbocycles. The zero-order chi connectivity index (χ0) is 11.5. The number of thiophene rings is 1. The van der Waals surface area contributed by atoms with Gasteiger partial charge in [0.1, 0.15) is 6.07 Å². The first kappa shape index (κ1) is 11.3. The van der Waals surface area contributed by atoms with Gasteiger partial charge in [0.05, 0.1) is 9.77 Å². The Morgan fingerprint density at radius 3 is 2.50 bits per heavy atom. The molecule has 16 heavy (non-hydrogen) atoms. The van der Waals surface area contributed by atoms with E-state index in [0.717, 1.165) is 20.9 Å². The first-order valence-electron chi connectivity index (χ1n) is 4.89. The van der Waals surface area contributed by atoms with Crippen LogP contribution in [-0.4, -0.2) is 6.26 Å². The van der Waals surface area contributed by atoms with Crippen LogP contribution < -0.4 is 0 Å². The maximum Gasteiger partial charge on any atom is 0.102 e. The molecule has 0 radical (unpaired) electrons. The molecule has 2 aromatic rings. The summed E-state index contributed by atoms with van der Waals surface area (Å²) in [7, 11) is 0. The molecule has 0 bridgehead atoms. The van der Waals surface area contributed by atoms with E-state index in [2.05, 4.69) is 42.6 Å². The molecule has 0 amide bonds. The molecule has 0 aliphatic rings. The van der Waals surface area contributed by atoms with E-state index in [0.29, 0.717) is 0 Å². The summed E-state index contributed by atoms with van der Waals surface area (Å²) in [5.74, 6) is 0. The average molecular weight is 245 g/mol. The highest BCUT2D eigenvalue weighted by atomic mass is 32.2. The van der Waals surface area contributed by atoms with Crippen molar-refractivity contribution in [3.05, 3.63) is 40.8 Å². The van der Waals surface area contributed by atoms with Gasteiger partial charge in [-0.05, 0) is 18.7 Å². The zero-order valence-electron chi connectivity index (χ0n) is 9.15. The number of thioether (sulfide) groups is 1. The van der Waals surface area contributed by atoms with Gasteiger partial charge in [-0.15, -0.1) is 23.1 Å². The molecule has 0 saturated heterocycles. The third kappa shape index (κ3) is 1.99. The second-order valence-corrected chi connectivity index (χ2v) is 5.45. The molecule has 1 aromatic heterocycles. The second-order valence-electron chi connectivity index (χ2n) is 3.49. The monoisotopic (exact) mass is 245 g/mol. The molecule has 2 rings (SSSR count). The van der Waals surface area contributed by atoms with Crippen molar-refractivity contribution in [2.75, 3.05) is 6.26 Å². The van der Waals surface area contributed by atoms with Crippen molar-refractivity contribution in [2.45, 2.75) is 11.1 Å². The van der Waals surface area contributed by atoms with Crippen LogP contribution in [0.1, 0.15) is 11.1 Å². The molecule has 1 heterocycles. The molecule has 0 N–H and O–H groups in total. The average Bonchev–Trinajstić information content (AvgIpc) is 2.72. The number of nitrogens with zero attached hydrogens (tertiary/aromatic N) is 1. The molecule has 0 spiro atoms. The molecule has 0 atom stereocenters. The Bertz CT molecular complexity index is 532. The van der Waals surface area contributed by atoms with Crippen LogP contribution in [0.25, 0.3) is 11.1 Å². The van der Waals surface area contributed by atoms with Gasteiger partial charge >= 0.3 is 0 Å². The SMILES string of the molecule is CSc1scc(-c2ccc(C)cc2)c1C#N. The molecule has 0 unspecified atom stereocenters. The van der Waals surface area contributed by atoms with Crippen molar-refractivity contribution >= 4 is 23.1 Å². The molecule has 1 aromatic carbocycles. The van der Waals surface area contributed by atoms with Gasteiger partial charge in [0.25, 0.3) is 0 Å². The fourth-order valence-electron chi connectivity index (χ4n) is 1.54. The van der Waals surface area contributed by atoms with Crippen molar-refractivity contribution in [3.63, 3.8) is 0 Å². The Labute approximate surface area is 104 Å². The molecule has 3 heteroatoms. The summed E-state index contributed by atoms with van der Waals surface area (Å²) < 4.78 is 1.10. The van der Waals surface area contributed by atoms with Gasteiger partial charge in [-0.2, -0.15) is 5.26 Å². The smallest absolute Gasteiger partial charge is 0.102 e. The highest BCUT2D eigenvalue weighted by molar-refractivity contribution is 8.00. The number of rotatable bonds is 2. The Morgan fingerprint density at radius 1 is 1.25 bits per heavy atom. The summed E-state index contributed by atoms with van der Waals surface area (Å²) in [5, 5.41) is 11.2. The van der Waals surface area contributed by atoms with Crippen LogP contribution in [0.4, 0.5) is 0 Å². The minimum Gasteiger partial charge on any atom is -0.192 e. The minimum atomic E-state index is 0.807. The van der Waals surface area contributed by atoms with E-state index < -0.39 is 0 Å². The standard InChI is InChI=1S/C13H11NS2/c1-9-3-5-10(6-4-9)12-8-16-13(15-2)11(12)7-14/h3-6,8H,1-2H3. The maximum absolute atomic E-state index is 9.18. The summed E-state index contributed by atoms with van der Waals surface area (Å²) in [6.07, 6.45) is 2.01. The van der Waals surface area contributed by atoms with E-state index in [1.54, 1.807) is 23.1 Å². The normalized spacial score (nSPS) is 10.1. The molecule has 0 aliphatic heterocycles. The molecular formula is C13H11NS2. The van der Waals surface area contributed by atoms with E-state index in [4.69, 9.17) is 0 Å². The molecular weight excluding hydrogens is 234 g/mol. The summed E-state index contributed by atoms with van der Waals surface area (Å²) >= 11 is 3.27. The number of hydrogen-bond acceptors (Lipinski definition) is 3. The highest BCUT2D eigenvalue weighted by Crippen LogP contribution is 2.36. The van der Waals surface area contributed by atoms with Crippen LogP contribution in [-0.2, 0) is 0 Å². The fourth-order valence-corrected chi connectivity index (χ4v) is 3.18. The lowest BCUT2D eigenvalue weighted by Gasteiger charge is -2.00. The van der Waals surface area contributed by atoms with Gasteiger partial charge in [-0.3, -0.25) is 0 Å². The fraction of sp³-hybridized carbons (Fsp3) is 0.154. The van der Waals surface area contributed by atoms with E-state index in [9.17, 15) is 5.26 Å². The topological polar surface area (TPSA) is 23.8 Å². The van der Waals surface area contributed by atoms with Gasteiger partial charge < -0.3 is 0 Å². The van der Waals surface area contributed by atoms with Crippen LogP contribution in [0.5, 0.6) is 0 Å². The van der Waals surface area contributed by atoms with E-state index in [1.807, 2.05) is 6.26 Å². The Balaban J connectivity index is 2.52. The molecule has 0 saturated carbocycles. The predicted molar refractivity (Wildman–Crippen MR) is 71.0 cm³/mol. The van der Waals surface area contributed by atoms with Gasteiger partial charge in [0.15, 0.2) is 0 Å². The maximum atomic E-state index is 9.18. The summed E-state index contributed by atoms with van der Waals surface area (Å²) in [5.41, 5.74) is 4.22. The predicted octanol–water partition coefficient (Wildman–Crippen LogP) is 4.32. The van der Waals surface area contributed by atoms with E-state index >= 15 is 0 Å². The molecule has 0 fully saturated rings. The van der Waals surface area contributed by atoms with E-state index in [1.165, 1.54) is 5.56 Å². The first-order chi connectivity index (χ1) is 7.76. The van der Waals surface area contributed by atoms with Crippen molar-refractivity contribution in [1.82, 2.24) is 0 Å². The van der Waals surface area contributed by atoms with Gasteiger partial charge in [-0.1, -0.05) is 29.8 Å². The van der Waals surface area contributed by atoms with Crippen molar-refractivity contribution in [3.8, 4) is 17.2 Å². The quantitative estimate of drug-likeness (QED) is 0.736. The van der Waals surface area contributed by atoms with Gasteiger partial charge in [0, 0.05) is 10.9 Å². The van der Waals surface area contributed by atoms with Gasteiger partial charge in [-0.25, -0.2) is 0 Å². The van der Waals surface area contributed by atoms with Crippen LogP contribution >= 0.6 is 23.1 Å². The van der Waals surface area contributed by atoms with Crippen LogP contribution in [0, 0.1) is 18.3 Å². The number of nitriles is 1. The summed E-state index contributed by atoms with van der Waals surface area (Å²) in [6, 6.07) is 10.6. The lowest BCUT2D eigenvalue weighted by molar-refractivity contribution is 1.45. The van der Waals surface area contributed by atoms with Crippen molar-refractivity contribution in [2.24, 2.45) is 0 Å². The van der Waals surface area contributed by atoms with E-state index in [-0.39, 0.29) is 0 Å². The van der Waals surface area contributed by atoms with Crippen molar-refractivity contribution < 1.29 is 0 Å².